The number of hydrogen-bond donors (Lipinski definition) is 2. The third-order valence-electron chi connectivity index (χ3n) is 4.45. The van der Waals surface area contributed by atoms with E-state index in [9.17, 15) is 4.79 Å². The third kappa shape index (κ3) is 5.15. The van der Waals surface area contributed by atoms with Crippen molar-refractivity contribution in [1.82, 2.24) is 19.9 Å². The Bertz CT molecular complexity index is 982. The van der Waals surface area contributed by atoms with Crippen molar-refractivity contribution in [3.63, 3.8) is 0 Å². The highest BCUT2D eigenvalue weighted by molar-refractivity contribution is 5.94. The summed E-state index contributed by atoms with van der Waals surface area (Å²) in [5.74, 6) is 0.339. The highest BCUT2D eigenvalue weighted by Gasteiger charge is 2.26. The van der Waals surface area contributed by atoms with Gasteiger partial charge in [-0.15, -0.1) is 0 Å². The number of nitrogen functional groups attached to an aromatic ring is 1. The number of carbonyl (C=O) groups is 2. The maximum Gasteiger partial charge on any atom is 0.290 e. The molecule has 1 fully saturated rings. The van der Waals surface area contributed by atoms with Crippen LogP contribution in [-0.2, 0) is 9.53 Å². The fourth-order valence-corrected chi connectivity index (χ4v) is 3.07. The number of morpholine rings is 1. The van der Waals surface area contributed by atoms with Gasteiger partial charge in [-0.2, -0.15) is 0 Å². The normalized spacial score (nSPS) is 15.6. The predicted octanol–water partition coefficient (Wildman–Crippen LogP) is 2.04. The summed E-state index contributed by atoms with van der Waals surface area (Å²) in [6, 6.07) is 13.0. The van der Waals surface area contributed by atoms with Crippen LogP contribution in [0.3, 0.4) is 0 Å². The lowest BCUT2D eigenvalue weighted by atomic mass is 10.1. The van der Waals surface area contributed by atoms with Gasteiger partial charge in [-0.1, -0.05) is 18.2 Å². The monoisotopic (exact) mass is 407 g/mol. The molecule has 1 aromatic carbocycles. The fraction of sp³-hybridized carbons (Fsp3) is 0.190. The first kappa shape index (κ1) is 20.9. The van der Waals surface area contributed by atoms with Crippen molar-refractivity contribution in [1.29, 1.82) is 0 Å². The molecule has 0 saturated carbocycles. The van der Waals surface area contributed by atoms with Gasteiger partial charge < -0.3 is 20.5 Å². The number of amides is 1. The Kier molecular flexibility index (Phi) is 7.01. The summed E-state index contributed by atoms with van der Waals surface area (Å²) in [4.78, 5) is 35.7. The molecule has 9 nitrogen and oxygen atoms in total. The number of nitrogens with two attached hydrogens (primary N) is 1. The summed E-state index contributed by atoms with van der Waals surface area (Å²) in [6.07, 6.45) is 4.67. The molecule has 1 saturated heterocycles. The van der Waals surface area contributed by atoms with E-state index in [-0.39, 0.29) is 18.5 Å². The van der Waals surface area contributed by atoms with Crippen LogP contribution in [0.15, 0.2) is 61.1 Å². The van der Waals surface area contributed by atoms with Crippen molar-refractivity contribution >= 4 is 18.2 Å². The number of ether oxygens (including phenoxy) is 1. The van der Waals surface area contributed by atoms with Crippen molar-refractivity contribution in [2.24, 2.45) is 0 Å². The topological polar surface area (TPSA) is 132 Å². The smallest absolute Gasteiger partial charge is 0.290 e. The molecule has 1 amide bonds. The Labute approximate surface area is 173 Å². The molecule has 1 aliphatic heterocycles. The molecule has 1 unspecified atom stereocenters. The van der Waals surface area contributed by atoms with Crippen molar-refractivity contribution in [2.75, 3.05) is 25.4 Å². The molecule has 3 heterocycles. The van der Waals surface area contributed by atoms with Crippen LogP contribution in [0.2, 0.25) is 0 Å². The van der Waals surface area contributed by atoms with E-state index in [4.69, 9.17) is 20.4 Å². The molecule has 0 spiro atoms. The minimum absolute atomic E-state index is 0.0237. The van der Waals surface area contributed by atoms with Crippen LogP contribution >= 0.6 is 0 Å². The molecular weight excluding hydrogens is 386 g/mol. The Morgan fingerprint density at radius 1 is 1.20 bits per heavy atom. The standard InChI is InChI=1S/C20H19N5O2.CH2O2/c21-19-12-22-11-17(24-19)14-4-6-15(7-5-14)20(26)25-9-10-27-18(13-25)16-3-1-2-8-23-16;2-1-3/h1-8,11-12,18H,9-10,13H2,(H2,21,24);1H,(H,2,3). The molecule has 0 radical (unpaired) electrons. The summed E-state index contributed by atoms with van der Waals surface area (Å²) >= 11 is 0. The maximum atomic E-state index is 12.9. The van der Waals surface area contributed by atoms with Crippen molar-refractivity contribution in [3.8, 4) is 11.3 Å². The van der Waals surface area contributed by atoms with Gasteiger partial charge in [0.2, 0.25) is 0 Å². The number of benzene rings is 1. The quantitative estimate of drug-likeness (QED) is 0.631. The molecule has 0 aliphatic carbocycles. The molecule has 4 rings (SSSR count). The average molecular weight is 407 g/mol. The van der Waals surface area contributed by atoms with Crippen LogP contribution in [0.25, 0.3) is 11.3 Å². The van der Waals surface area contributed by atoms with E-state index >= 15 is 0 Å². The molecule has 0 bridgehead atoms. The summed E-state index contributed by atoms with van der Waals surface area (Å²) in [6.45, 7) is 1.28. The Hall–Kier alpha value is -3.85. The van der Waals surface area contributed by atoms with Crippen molar-refractivity contribution < 1.29 is 19.4 Å². The maximum absolute atomic E-state index is 12.9. The second kappa shape index (κ2) is 10.1. The zero-order valence-electron chi connectivity index (χ0n) is 16.1. The van der Waals surface area contributed by atoms with E-state index in [0.717, 1.165) is 11.3 Å². The van der Waals surface area contributed by atoms with Gasteiger partial charge in [0, 0.05) is 23.9 Å². The lowest BCUT2D eigenvalue weighted by Gasteiger charge is -2.32. The molecule has 3 aromatic rings. The number of nitrogens with zero attached hydrogens (tertiary/aromatic N) is 4. The van der Waals surface area contributed by atoms with Gasteiger partial charge in [-0.05, 0) is 24.3 Å². The van der Waals surface area contributed by atoms with E-state index in [1.807, 2.05) is 30.3 Å². The number of rotatable bonds is 3. The van der Waals surface area contributed by atoms with Gasteiger partial charge in [0.05, 0.1) is 36.9 Å². The third-order valence-corrected chi connectivity index (χ3v) is 4.45. The summed E-state index contributed by atoms with van der Waals surface area (Å²) in [5, 5.41) is 6.89. The molecule has 3 N–H and O–H groups in total. The second-order valence-electron chi connectivity index (χ2n) is 6.38. The molecule has 30 heavy (non-hydrogen) atoms. The van der Waals surface area contributed by atoms with Crippen LogP contribution in [0.5, 0.6) is 0 Å². The van der Waals surface area contributed by atoms with E-state index in [1.165, 1.54) is 6.20 Å². The van der Waals surface area contributed by atoms with Crippen molar-refractivity contribution in [2.45, 2.75) is 6.10 Å². The van der Waals surface area contributed by atoms with Crippen LogP contribution in [-0.4, -0.2) is 57.0 Å². The lowest BCUT2D eigenvalue weighted by Crippen LogP contribution is -2.42. The summed E-state index contributed by atoms with van der Waals surface area (Å²) in [5.41, 5.74) is 8.68. The molecular formula is C21H21N5O4. The highest BCUT2D eigenvalue weighted by Crippen LogP contribution is 2.23. The first-order chi connectivity index (χ1) is 14.6. The largest absolute Gasteiger partial charge is 0.483 e. The Balaban J connectivity index is 0.000000806. The van der Waals surface area contributed by atoms with Crippen LogP contribution < -0.4 is 5.73 Å². The number of aromatic nitrogens is 3. The number of pyridine rings is 1. The molecule has 2 aromatic heterocycles. The first-order valence-electron chi connectivity index (χ1n) is 9.20. The van der Waals surface area contributed by atoms with Gasteiger partial charge in [-0.25, -0.2) is 4.98 Å². The van der Waals surface area contributed by atoms with Crippen LogP contribution in [0.1, 0.15) is 22.2 Å². The lowest BCUT2D eigenvalue weighted by molar-refractivity contribution is -0.122. The number of anilines is 1. The predicted molar refractivity (Wildman–Crippen MR) is 109 cm³/mol. The van der Waals surface area contributed by atoms with Gasteiger partial charge in [0.15, 0.2) is 0 Å². The van der Waals surface area contributed by atoms with Crippen LogP contribution in [0, 0.1) is 0 Å². The first-order valence-corrected chi connectivity index (χ1v) is 9.20. The Morgan fingerprint density at radius 2 is 1.97 bits per heavy atom. The number of carbonyl (C=O) groups excluding carboxylic acids is 1. The minimum atomic E-state index is -0.250. The van der Waals surface area contributed by atoms with E-state index in [2.05, 4.69) is 15.0 Å². The fourth-order valence-electron chi connectivity index (χ4n) is 3.07. The van der Waals surface area contributed by atoms with Crippen LogP contribution in [0.4, 0.5) is 5.82 Å². The average Bonchev–Trinajstić information content (AvgIpc) is 2.80. The van der Waals surface area contributed by atoms with Gasteiger partial charge >= 0.3 is 0 Å². The van der Waals surface area contributed by atoms with Gasteiger partial charge in [-0.3, -0.25) is 19.6 Å². The zero-order valence-corrected chi connectivity index (χ0v) is 16.1. The second-order valence-corrected chi connectivity index (χ2v) is 6.38. The number of hydrogen-bond acceptors (Lipinski definition) is 7. The summed E-state index contributed by atoms with van der Waals surface area (Å²) < 4.78 is 5.78. The Morgan fingerprint density at radius 3 is 2.63 bits per heavy atom. The van der Waals surface area contributed by atoms with Gasteiger partial charge in [0.25, 0.3) is 12.4 Å². The van der Waals surface area contributed by atoms with Crippen molar-refractivity contribution in [3.05, 3.63) is 72.3 Å². The van der Waals surface area contributed by atoms with E-state index < -0.39 is 0 Å². The van der Waals surface area contributed by atoms with E-state index in [1.54, 1.807) is 29.4 Å². The van der Waals surface area contributed by atoms with E-state index in [0.29, 0.717) is 36.8 Å². The molecule has 1 aliphatic rings. The molecule has 1 atom stereocenters. The highest BCUT2D eigenvalue weighted by atomic mass is 16.5. The molecule has 9 heteroatoms. The summed E-state index contributed by atoms with van der Waals surface area (Å²) in [7, 11) is 0. The molecule has 154 valence electrons. The SMILES string of the molecule is Nc1cncc(-c2ccc(C(=O)N3CCOC(c4ccccn4)C3)cc2)n1.O=CO. The minimum Gasteiger partial charge on any atom is -0.483 e. The van der Waals surface area contributed by atoms with Gasteiger partial charge in [0.1, 0.15) is 11.9 Å². The number of carboxylic acid groups (broad SMARTS) is 1. The zero-order chi connectivity index (χ0) is 21.3.